The van der Waals surface area contributed by atoms with Crippen LogP contribution < -0.4 is 10.6 Å². The van der Waals surface area contributed by atoms with E-state index in [1.807, 2.05) is 35.0 Å². The maximum atomic E-state index is 12.6. The third-order valence-corrected chi connectivity index (χ3v) is 6.43. The highest BCUT2D eigenvalue weighted by molar-refractivity contribution is 7.99. The standard InChI is InChI=1S/C28H34N6OS/c1-19(2)17-30-26-24-18-31-34(27(24)33-28(32-26)36-20(3)4)15-14-29-25(35)16-21-10-12-23(13-11-21)22-8-6-5-7-9-22/h5-13,18-20H,14-17H2,1-4H3,(H,29,35)(H,30,32,33). The van der Waals surface area contributed by atoms with Crippen molar-refractivity contribution >= 4 is 34.5 Å². The zero-order valence-electron chi connectivity index (χ0n) is 21.4. The van der Waals surface area contributed by atoms with E-state index in [0.29, 0.717) is 30.7 Å². The smallest absolute Gasteiger partial charge is 0.224 e. The van der Waals surface area contributed by atoms with Gasteiger partial charge in [0.1, 0.15) is 5.82 Å². The Morgan fingerprint density at radius 3 is 2.39 bits per heavy atom. The quantitative estimate of drug-likeness (QED) is 0.210. The maximum absolute atomic E-state index is 12.6. The molecule has 2 N–H and O–H groups in total. The molecule has 0 spiro atoms. The van der Waals surface area contributed by atoms with Gasteiger partial charge in [-0.25, -0.2) is 14.6 Å². The Bertz CT molecular complexity index is 1280. The van der Waals surface area contributed by atoms with Crippen molar-refractivity contribution in [1.82, 2.24) is 25.1 Å². The Morgan fingerprint density at radius 2 is 1.69 bits per heavy atom. The van der Waals surface area contributed by atoms with Crippen LogP contribution in [0.2, 0.25) is 0 Å². The summed E-state index contributed by atoms with van der Waals surface area (Å²) >= 11 is 1.63. The molecule has 188 valence electrons. The molecule has 0 aliphatic rings. The van der Waals surface area contributed by atoms with Gasteiger partial charge in [-0.2, -0.15) is 5.10 Å². The molecule has 4 aromatic rings. The van der Waals surface area contributed by atoms with Gasteiger partial charge in [0.2, 0.25) is 5.91 Å². The summed E-state index contributed by atoms with van der Waals surface area (Å²) in [6.45, 7) is 10.4. The molecule has 2 heterocycles. The maximum Gasteiger partial charge on any atom is 0.224 e. The van der Waals surface area contributed by atoms with Crippen LogP contribution >= 0.6 is 11.8 Å². The third kappa shape index (κ3) is 6.85. The Morgan fingerprint density at radius 1 is 0.972 bits per heavy atom. The van der Waals surface area contributed by atoms with Crippen molar-refractivity contribution in [2.75, 3.05) is 18.4 Å². The van der Waals surface area contributed by atoms with Crippen LogP contribution in [-0.4, -0.2) is 44.0 Å². The first kappa shape index (κ1) is 25.7. The van der Waals surface area contributed by atoms with Crippen molar-refractivity contribution in [2.24, 2.45) is 5.92 Å². The topological polar surface area (TPSA) is 84.7 Å². The molecule has 0 saturated carbocycles. The first-order valence-electron chi connectivity index (χ1n) is 12.4. The number of carbonyl (C=O) groups is 1. The number of anilines is 1. The molecule has 36 heavy (non-hydrogen) atoms. The van der Waals surface area contributed by atoms with E-state index in [9.17, 15) is 4.79 Å². The molecule has 2 aromatic carbocycles. The van der Waals surface area contributed by atoms with Crippen molar-refractivity contribution in [3.8, 4) is 11.1 Å². The molecule has 0 aliphatic heterocycles. The lowest BCUT2D eigenvalue weighted by Crippen LogP contribution is -2.28. The molecule has 4 rings (SSSR count). The minimum absolute atomic E-state index is 0.0103. The van der Waals surface area contributed by atoms with Gasteiger partial charge in [0.25, 0.3) is 0 Å². The van der Waals surface area contributed by atoms with E-state index in [4.69, 9.17) is 9.97 Å². The number of rotatable bonds is 11. The van der Waals surface area contributed by atoms with E-state index in [0.717, 1.165) is 39.7 Å². The second kappa shape index (κ2) is 12.0. The Kier molecular flexibility index (Phi) is 8.59. The lowest BCUT2D eigenvalue weighted by Gasteiger charge is -2.12. The summed E-state index contributed by atoms with van der Waals surface area (Å²) in [7, 11) is 0. The monoisotopic (exact) mass is 502 g/mol. The number of fused-ring (bicyclic) bond motifs is 1. The minimum atomic E-state index is -0.0103. The van der Waals surface area contributed by atoms with Crippen LogP contribution in [0.5, 0.6) is 0 Å². The van der Waals surface area contributed by atoms with Crippen LogP contribution in [0.15, 0.2) is 66.0 Å². The van der Waals surface area contributed by atoms with E-state index >= 15 is 0 Å². The number of carbonyl (C=O) groups excluding carboxylic acids is 1. The van der Waals surface area contributed by atoms with E-state index in [-0.39, 0.29) is 5.91 Å². The summed E-state index contributed by atoms with van der Waals surface area (Å²) in [6.07, 6.45) is 2.15. The fourth-order valence-electron chi connectivity index (χ4n) is 3.79. The average molecular weight is 503 g/mol. The fourth-order valence-corrected chi connectivity index (χ4v) is 4.50. The van der Waals surface area contributed by atoms with Crippen molar-refractivity contribution in [3.05, 3.63) is 66.4 Å². The first-order chi connectivity index (χ1) is 17.4. The second-order valence-corrected chi connectivity index (χ2v) is 11.0. The second-order valence-electron chi connectivity index (χ2n) is 9.49. The molecular weight excluding hydrogens is 468 g/mol. The fraction of sp³-hybridized carbons (Fsp3) is 0.357. The molecule has 2 aromatic heterocycles. The number of amides is 1. The molecule has 0 unspecified atom stereocenters. The van der Waals surface area contributed by atoms with Gasteiger partial charge in [-0.15, -0.1) is 0 Å². The van der Waals surface area contributed by atoms with Crippen LogP contribution in [-0.2, 0) is 17.8 Å². The van der Waals surface area contributed by atoms with Gasteiger partial charge >= 0.3 is 0 Å². The van der Waals surface area contributed by atoms with Crippen molar-refractivity contribution in [1.29, 1.82) is 0 Å². The van der Waals surface area contributed by atoms with E-state index in [1.54, 1.807) is 18.0 Å². The Labute approximate surface area is 217 Å². The van der Waals surface area contributed by atoms with Crippen LogP contribution in [0.4, 0.5) is 5.82 Å². The van der Waals surface area contributed by atoms with Crippen molar-refractivity contribution < 1.29 is 4.79 Å². The summed E-state index contributed by atoms with van der Waals surface area (Å²) in [4.78, 5) is 22.0. The molecule has 0 bridgehead atoms. The molecule has 0 radical (unpaired) electrons. The first-order valence-corrected chi connectivity index (χ1v) is 13.3. The molecular formula is C28H34N6OS. The van der Waals surface area contributed by atoms with Crippen molar-refractivity contribution in [3.63, 3.8) is 0 Å². The molecule has 0 fully saturated rings. The number of benzene rings is 2. The van der Waals surface area contributed by atoms with Gasteiger partial charge in [-0.3, -0.25) is 4.79 Å². The Hall–Kier alpha value is -3.39. The van der Waals surface area contributed by atoms with Crippen LogP contribution in [0.1, 0.15) is 33.3 Å². The molecule has 1 amide bonds. The predicted molar refractivity (Wildman–Crippen MR) is 148 cm³/mol. The highest BCUT2D eigenvalue weighted by atomic mass is 32.2. The minimum Gasteiger partial charge on any atom is -0.369 e. The zero-order valence-corrected chi connectivity index (χ0v) is 22.2. The van der Waals surface area contributed by atoms with Gasteiger partial charge in [0, 0.05) is 18.3 Å². The number of aromatic nitrogens is 4. The summed E-state index contributed by atoms with van der Waals surface area (Å²) in [5.74, 6) is 1.30. The van der Waals surface area contributed by atoms with E-state index < -0.39 is 0 Å². The van der Waals surface area contributed by atoms with Gasteiger partial charge in [0.05, 0.1) is 24.5 Å². The van der Waals surface area contributed by atoms with Gasteiger partial charge in [-0.05, 0) is 22.6 Å². The number of nitrogens with one attached hydrogen (secondary N) is 2. The molecule has 0 aliphatic carbocycles. The average Bonchev–Trinajstić information content (AvgIpc) is 3.26. The summed E-state index contributed by atoms with van der Waals surface area (Å²) in [6, 6.07) is 18.4. The van der Waals surface area contributed by atoms with Crippen LogP contribution in [0, 0.1) is 5.92 Å². The van der Waals surface area contributed by atoms with E-state index in [1.165, 1.54) is 5.56 Å². The van der Waals surface area contributed by atoms with Crippen LogP contribution in [0.3, 0.4) is 0 Å². The van der Waals surface area contributed by atoms with Crippen LogP contribution in [0.25, 0.3) is 22.2 Å². The summed E-state index contributed by atoms with van der Waals surface area (Å²) in [5, 5.41) is 13.0. The third-order valence-electron chi connectivity index (χ3n) is 5.57. The highest BCUT2D eigenvalue weighted by Crippen LogP contribution is 2.26. The predicted octanol–water partition coefficient (Wildman–Crippen LogP) is 5.42. The van der Waals surface area contributed by atoms with Crippen molar-refractivity contribution in [2.45, 2.75) is 51.1 Å². The number of nitrogens with zero attached hydrogens (tertiary/aromatic N) is 4. The van der Waals surface area contributed by atoms with Gasteiger partial charge < -0.3 is 10.6 Å². The summed E-state index contributed by atoms with van der Waals surface area (Å²) < 4.78 is 1.84. The van der Waals surface area contributed by atoms with E-state index in [2.05, 4.69) is 67.7 Å². The lowest BCUT2D eigenvalue weighted by molar-refractivity contribution is -0.120. The molecule has 7 nitrogen and oxygen atoms in total. The largest absolute Gasteiger partial charge is 0.369 e. The number of hydrogen-bond donors (Lipinski definition) is 2. The van der Waals surface area contributed by atoms with Gasteiger partial charge in [0.15, 0.2) is 10.8 Å². The molecule has 8 heteroatoms. The number of hydrogen-bond acceptors (Lipinski definition) is 6. The SMILES string of the molecule is CC(C)CNc1nc(SC(C)C)nc2c1cnn2CCNC(=O)Cc1ccc(-c2ccccc2)cc1. The van der Waals surface area contributed by atoms with Gasteiger partial charge in [-0.1, -0.05) is 94.1 Å². The zero-order chi connectivity index (χ0) is 25.5. The summed E-state index contributed by atoms with van der Waals surface area (Å²) in [5.41, 5.74) is 4.08. The lowest BCUT2D eigenvalue weighted by atomic mass is 10.0. The molecule has 0 atom stereocenters. The number of thioether (sulfide) groups is 1. The highest BCUT2D eigenvalue weighted by Gasteiger charge is 2.15. The molecule has 0 saturated heterocycles. The Balaban J connectivity index is 1.38. The normalized spacial score (nSPS) is 11.4.